The highest BCUT2D eigenvalue weighted by atomic mass is 32.2. The number of rotatable bonds is 10. The van der Waals surface area contributed by atoms with Crippen molar-refractivity contribution in [3.8, 4) is 11.5 Å². The summed E-state index contributed by atoms with van der Waals surface area (Å²) < 4.78 is 64.7. The number of H-pyrrole nitrogens is 1. The minimum absolute atomic E-state index is 0.00264. The number of sulfonamides is 1. The average molecular weight is 570 g/mol. The average Bonchev–Trinajstić information content (AvgIpc) is 2.94. The van der Waals surface area contributed by atoms with Gasteiger partial charge in [0.1, 0.15) is 0 Å². The number of hydrogen-bond donors (Lipinski definition) is 2. The second-order valence-electron chi connectivity index (χ2n) is 8.44. The molecule has 1 heterocycles. The smallest absolute Gasteiger partial charge is 0.264 e. The molecular formula is C28H25F2N3O6S. The molecule has 0 aliphatic rings. The summed E-state index contributed by atoms with van der Waals surface area (Å²) in [6, 6.07) is 16.6. The fraction of sp³-hybridized carbons (Fsp3) is 0.143. The minimum atomic E-state index is -4.46. The van der Waals surface area contributed by atoms with Crippen molar-refractivity contribution in [2.75, 3.05) is 18.6 Å². The third kappa shape index (κ3) is 6.29. The number of aromatic amines is 1. The maximum atomic E-state index is 13.5. The first-order chi connectivity index (χ1) is 19.1. The van der Waals surface area contributed by atoms with Crippen molar-refractivity contribution in [1.82, 2.24) is 9.71 Å². The third-order valence-corrected chi connectivity index (χ3v) is 7.19. The van der Waals surface area contributed by atoms with Crippen LogP contribution in [0.15, 0.2) is 88.7 Å². The van der Waals surface area contributed by atoms with Crippen molar-refractivity contribution >= 4 is 27.3 Å². The van der Waals surface area contributed by atoms with Gasteiger partial charge in [-0.05, 0) is 67.6 Å². The number of hydrogen-bond acceptors (Lipinski definition) is 7. The van der Waals surface area contributed by atoms with E-state index in [2.05, 4.69) is 4.98 Å². The molecule has 0 atom stereocenters. The summed E-state index contributed by atoms with van der Waals surface area (Å²) in [5.74, 6) is -2.52. The maximum Gasteiger partial charge on any atom is 0.264 e. The molecule has 2 N–H and O–H groups in total. The van der Waals surface area contributed by atoms with E-state index in [0.717, 1.165) is 6.07 Å². The van der Waals surface area contributed by atoms with Crippen LogP contribution in [0.2, 0.25) is 0 Å². The van der Waals surface area contributed by atoms with Gasteiger partial charge in [-0.25, -0.2) is 21.9 Å². The molecular weight excluding hydrogens is 544 g/mol. The molecule has 0 unspecified atom stereocenters. The second kappa shape index (κ2) is 12.0. The third-order valence-electron chi connectivity index (χ3n) is 5.86. The van der Waals surface area contributed by atoms with Gasteiger partial charge in [-0.15, -0.1) is 0 Å². The highest BCUT2D eigenvalue weighted by Gasteiger charge is 2.21. The van der Waals surface area contributed by atoms with E-state index < -0.39 is 32.5 Å². The number of anilines is 2. The van der Waals surface area contributed by atoms with Gasteiger partial charge in [-0.3, -0.25) is 9.59 Å². The first-order valence-electron chi connectivity index (χ1n) is 12.0. The Kier molecular flexibility index (Phi) is 8.49. The molecule has 0 radical (unpaired) electrons. The predicted molar refractivity (Wildman–Crippen MR) is 145 cm³/mol. The van der Waals surface area contributed by atoms with Crippen LogP contribution in [0, 0.1) is 11.6 Å². The van der Waals surface area contributed by atoms with Gasteiger partial charge in [0.25, 0.3) is 21.5 Å². The Bertz CT molecular complexity index is 1690. The van der Waals surface area contributed by atoms with Gasteiger partial charge in [0.15, 0.2) is 23.1 Å². The first-order valence-corrected chi connectivity index (χ1v) is 13.5. The Morgan fingerprint density at radius 3 is 2.33 bits per heavy atom. The number of halogens is 2. The van der Waals surface area contributed by atoms with Gasteiger partial charge in [0, 0.05) is 34.8 Å². The zero-order chi connectivity index (χ0) is 28.9. The van der Waals surface area contributed by atoms with Crippen molar-refractivity contribution in [2.45, 2.75) is 18.4 Å². The summed E-state index contributed by atoms with van der Waals surface area (Å²) in [7, 11) is -2.94. The normalized spacial score (nSPS) is 11.1. The van der Waals surface area contributed by atoms with Gasteiger partial charge in [-0.1, -0.05) is 6.07 Å². The van der Waals surface area contributed by atoms with Gasteiger partial charge >= 0.3 is 0 Å². The Labute approximate surface area is 229 Å². The van der Waals surface area contributed by atoms with E-state index in [9.17, 15) is 26.8 Å². The Balaban J connectivity index is 1.65. The van der Waals surface area contributed by atoms with Gasteiger partial charge in [0.2, 0.25) is 0 Å². The van der Waals surface area contributed by atoms with E-state index in [0.29, 0.717) is 47.2 Å². The first kappa shape index (κ1) is 28.3. The molecule has 0 saturated carbocycles. The highest BCUT2D eigenvalue weighted by Crippen LogP contribution is 2.35. The van der Waals surface area contributed by atoms with E-state index in [4.69, 9.17) is 9.47 Å². The van der Waals surface area contributed by atoms with Crippen molar-refractivity contribution < 1.29 is 31.5 Å². The molecule has 12 heteroatoms. The maximum absolute atomic E-state index is 13.5. The lowest BCUT2D eigenvalue weighted by molar-refractivity contribution is 0.0981. The fourth-order valence-corrected chi connectivity index (χ4v) is 4.85. The quantitative estimate of drug-likeness (QED) is 0.288. The predicted octanol–water partition coefficient (Wildman–Crippen LogP) is 4.52. The number of benzene rings is 3. The summed E-state index contributed by atoms with van der Waals surface area (Å²) in [4.78, 5) is 29.0. The standard InChI is InChI=1S/C28H25F2N3O6S/c1-3-39-26-15-21(10-13-25(26)38-2)33(17-19-5-4-14-31-27(19)34)20-8-6-18(7-9-20)28(35)32-40(36,37)22-11-12-23(29)24(30)16-22/h4-16H,3,17H2,1-2H3,(H,31,34)(H,32,35). The molecule has 0 saturated heterocycles. The molecule has 0 spiro atoms. The van der Waals surface area contributed by atoms with Gasteiger partial charge in [-0.2, -0.15) is 0 Å². The van der Waals surface area contributed by atoms with E-state index in [-0.39, 0.29) is 17.7 Å². The van der Waals surface area contributed by atoms with Crippen LogP contribution in [0.25, 0.3) is 0 Å². The lowest BCUT2D eigenvalue weighted by Crippen LogP contribution is -2.30. The summed E-state index contributed by atoms with van der Waals surface area (Å²) >= 11 is 0. The SMILES string of the molecule is CCOc1cc(N(Cc2ccc[nH]c2=O)c2ccc(C(=O)NS(=O)(=O)c3ccc(F)c(F)c3)cc2)ccc1OC. The largest absolute Gasteiger partial charge is 0.493 e. The van der Waals surface area contributed by atoms with Gasteiger partial charge in [0.05, 0.1) is 25.2 Å². The number of methoxy groups -OCH3 is 1. The van der Waals surface area contributed by atoms with Crippen LogP contribution in [0.4, 0.5) is 20.2 Å². The highest BCUT2D eigenvalue weighted by molar-refractivity contribution is 7.90. The number of carbonyl (C=O) groups is 1. The fourth-order valence-electron chi connectivity index (χ4n) is 3.86. The number of pyridine rings is 1. The lowest BCUT2D eigenvalue weighted by Gasteiger charge is -2.26. The molecule has 0 fully saturated rings. The van der Waals surface area contributed by atoms with Crippen LogP contribution in [0.3, 0.4) is 0 Å². The number of carbonyl (C=O) groups excluding carboxylic acids is 1. The van der Waals surface area contributed by atoms with Crippen LogP contribution in [0.1, 0.15) is 22.8 Å². The van der Waals surface area contributed by atoms with Crippen LogP contribution in [-0.2, 0) is 16.6 Å². The Morgan fingerprint density at radius 1 is 0.950 bits per heavy atom. The van der Waals surface area contributed by atoms with Crippen molar-refractivity contribution in [3.63, 3.8) is 0 Å². The Morgan fingerprint density at radius 2 is 1.68 bits per heavy atom. The van der Waals surface area contributed by atoms with E-state index >= 15 is 0 Å². The van der Waals surface area contributed by atoms with E-state index in [1.54, 1.807) is 42.5 Å². The molecule has 0 aliphatic heterocycles. The summed E-state index contributed by atoms with van der Waals surface area (Å²) in [5, 5.41) is 0. The van der Waals surface area contributed by atoms with E-state index in [1.165, 1.54) is 25.4 Å². The molecule has 4 rings (SSSR count). The molecule has 4 aromatic rings. The molecule has 0 aliphatic carbocycles. The zero-order valence-corrected chi connectivity index (χ0v) is 22.3. The number of ether oxygens (including phenoxy) is 2. The Hall–Kier alpha value is -4.71. The van der Waals surface area contributed by atoms with Crippen LogP contribution >= 0.6 is 0 Å². The summed E-state index contributed by atoms with van der Waals surface area (Å²) in [5.41, 5.74) is 1.43. The monoisotopic (exact) mass is 569 g/mol. The van der Waals surface area contributed by atoms with Crippen molar-refractivity contribution in [2.24, 2.45) is 0 Å². The molecule has 9 nitrogen and oxygen atoms in total. The van der Waals surface area contributed by atoms with E-state index in [1.807, 2.05) is 16.5 Å². The molecule has 0 bridgehead atoms. The molecule has 1 amide bonds. The topological polar surface area (TPSA) is 118 Å². The van der Waals surface area contributed by atoms with Gasteiger partial charge < -0.3 is 19.4 Å². The van der Waals surface area contributed by atoms with Crippen LogP contribution in [0.5, 0.6) is 11.5 Å². The summed E-state index contributed by atoms with van der Waals surface area (Å²) in [6.07, 6.45) is 1.53. The zero-order valence-electron chi connectivity index (χ0n) is 21.5. The molecule has 1 aromatic heterocycles. The van der Waals surface area contributed by atoms with Crippen LogP contribution in [-0.4, -0.2) is 33.0 Å². The number of nitrogens with zero attached hydrogens (tertiary/aromatic N) is 1. The molecule has 3 aromatic carbocycles. The number of nitrogens with one attached hydrogen (secondary N) is 2. The van der Waals surface area contributed by atoms with Crippen molar-refractivity contribution in [3.05, 3.63) is 112 Å². The lowest BCUT2D eigenvalue weighted by atomic mass is 10.1. The van der Waals surface area contributed by atoms with Crippen molar-refractivity contribution in [1.29, 1.82) is 0 Å². The second-order valence-corrected chi connectivity index (χ2v) is 10.1. The molecule has 40 heavy (non-hydrogen) atoms. The van der Waals surface area contributed by atoms with Crippen LogP contribution < -0.4 is 24.7 Å². The number of amides is 1. The molecule has 208 valence electrons. The minimum Gasteiger partial charge on any atom is -0.493 e. The number of aromatic nitrogens is 1. The summed E-state index contributed by atoms with van der Waals surface area (Å²) in [6.45, 7) is 2.39.